The Morgan fingerprint density at radius 1 is 1.60 bits per heavy atom. The van der Waals surface area contributed by atoms with Crippen LogP contribution in [0.3, 0.4) is 0 Å². The molecule has 6 N–H and O–H groups in total. The van der Waals surface area contributed by atoms with Crippen LogP contribution in [-0.2, 0) is 0 Å². The fourth-order valence-electron chi connectivity index (χ4n) is 1.85. The monoisotopic (exact) mass is 215 g/mol. The van der Waals surface area contributed by atoms with Crippen molar-refractivity contribution in [3.63, 3.8) is 0 Å². The molecule has 1 fully saturated rings. The maximum absolute atomic E-state index is 9.24. The Morgan fingerprint density at radius 2 is 2.33 bits per heavy atom. The van der Waals surface area contributed by atoms with Crippen LogP contribution >= 0.6 is 0 Å². The zero-order valence-corrected chi connectivity index (χ0v) is 8.95. The van der Waals surface area contributed by atoms with E-state index in [1.54, 1.807) is 0 Å². The van der Waals surface area contributed by atoms with Crippen molar-refractivity contribution >= 4 is 5.84 Å². The lowest BCUT2D eigenvalue weighted by atomic mass is 10.0. The molecule has 0 saturated carbocycles. The van der Waals surface area contributed by atoms with Crippen LogP contribution in [0, 0.1) is 5.41 Å². The van der Waals surface area contributed by atoms with Crippen molar-refractivity contribution in [3.8, 4) is 0 Å². The number of amidine groups is 1. The molecule has 0 amide bonds. The third kappa shape index (κ3) is 4.15. The van der Waals surface area contributed by atoms with Crippen molar-refractivity contribution in [2.75, 3.05) is 6.61 Å². The van der Waals surface area contributed by atoms with Crippen LogP contribution in [0.1, 0.15) is 32.1 Å². The smallest absolute Gasteiger partial charge is 0.0934 e. The van der Waals surface area contributed by atoms with Gasteiger partial charge in [-0.2, -0.15) is 0 Å². The van der Waals surface area contributed by atoms with Gasteiger partial charge in [0.05, 0.1) is 18.5 Å². The van der Waals surface area contributed by atoms with E-state index in [4.69, 9.17) is 16.2 Å². The van der Waals surface area contributed by atoms with Crippen LogP contribution < -0.4 is 11.1 Å². The van der Waals surface area contributed by atoms with E-state index < -0.39 is 6.10 Å². The number of rotatable bonds is 6. The van der Waals surface area contributed by atoms with E-state index in [1.165, 1.54) is 0 Å². The van der Waals surface area contributed by atoms with E-state index in [0.29, 0.717) is 18.3 Å². The lowest BCUT2D eigenvalue weighted by molar-refractivity contribution is 0.0709. The second-order valence-electron chi connectivity index (χ2n) is 4.20. The molecule has 1 saturated heterocycles. The van der Waals surface area contributed by atoms with Crippen molar-refractivity contribution in [1.82, 2.24) is 5.32 Å². The molecular formula is C10H21N3O2. The maximum Gasteiger partial charge on any atom is 0.0934 e. The molecule has 88 valence electrons. The fraction of sp³-hybridized carbons (Fsp3) is 0.900. The Hall–Kier alpha value is -0.650. The van der Waals surface area contributed by atoms with Gasteiger partial charge in [-0.15, -0.1) is 0 Å². The molecule has 0 aromatic rings. The molecule has 0 aromatic carbocycles. The molecule has 0 aromatic heterocycles. The van der Waals surface area contributed by atoms with Gasteiger partial charge in [0.2, 0.25) is 0 Å². The minimum Gasteiger partial charge on any atom is -0.394 e. The highest BCUT2D eigenvalue weighted by atomic mass is 16.3. The third-order valence-corrected chi connectivity index (χ3v) is 2.89. The van der Waals surface area contributed by atoms with Gasteiger partial charge in [0.15, 0.2) is 0 Å². The maximum atomic E-state index is 9.24. The summed E-state index contributed by atoms with van der Waals surface area (Å²) in [5, 5.41) is 28.4. The van der Waals surface area contributed by atoms with Gasteiger partial charge < -0.3 is 21.3 Å². The van der Waals surface area contributed by atoms with Gasteiger partial charge in [0.1, 0.15) is 0 Å². The molecule has 3 atom stereocenters. The summed E-state index contributed by atoms with van der Waals surface area (Å²) < 4.78 is 0. The molecule has 0 radical (unpaired) electrons. The van der Waals surface area contributed by atoms with Gasteiger partial charge in [-0.1, -0.05) is 0 Å². The zero-order valence-electron chi connectivity index (χ0n) is 8.95. The van der Waals surface area contributed by atoms with E-state index in [-0.39, 0.29) is 12.6 Å². The Kier molecular flexibility index (Phi) is 5.01. The summed E-state index contributed by atoms with van der Waals surface area (Å²) in [5.41, 5.74) is 5.67. The van der Waals surface area contributed by atoms with Crippen molar-refractivity contribution in [2.45, 2.75) is 50.3 Å². The third-order valence-electron chi connectivity index (χ3n) is 2.89. The summed E-state index contributed by atoms with van der Waals surface area (Å²) in [5.74, 6) is 0.625. The molecule has 1 aliphatic rings. The number of hydrogen-bond donors (Lipinski definition) is 5. The van der Waals surface area contributed by atoms with E-state index >= 15 is 0 Å². The van der Waals surface area contributed by atoms with Gasteiger partial charge in [-0.25, -0.2) is 0 Å². The van der Waals surface area contributed by atoms with Crippen LogP contribution in [-0.4, -0.2) is 40.8 Å². The first kappa shape index (κ1) is 12.4. The fourth-order valence-corrected chi connectivity index (χ4v) is 1.85. The van der Waals surface area contributed by atoms with Crippen molar-refractivity contribution in [2.24, 2.45) is 5.73 Å². The first-order valence-corrected chi connectivity index (χ1v) is 5.52. The molecule has 3 unspecified atom stereocenters. The van der Waals surface area contributed by atoms with E-state index in [0.717, 1.165) is 25.7 Å². The van der Waals surface area contributed by atoms with Gasteiger partial charge >= 0.3 is 0 Å². The van der Waals surface area contributed by atoms with Gasteiger partial charge in [0, 0.05) is 18.5 Å². The molecular weight excluding hydrogens is 194 g/mol. The van der Waals surface area contributed by atoms with Crippen molar-refractivity contribution < 1.29 is 10.2 Å². The molecule has 0 aliphatic carbocycles. The summed E-state index contributed by atoms with van der Waals surface area (Å²) in [6, 6.07) is 0.0619. The zero-order chi connectivity index (χ0) is 11.3. The molecule has 0 spiro atoms. The highest BCUT2D eigenvalue weighted by Crippen LogP contribution is 2.14. The predicted molar refractivity (Wildman–Crippen MR) is 58.8 cm³/mol. The summed E-state index contributed by atoms with van der Waals surface area (Å²) in [7, 11) is 0. The normalized spacial score (nSPS) is 25.0. The SMILES string of the molecule is N=C1CCC(CCCC(N)C(O)CO)N1. The van der Waals surface area contributed by atoms with Crippen molar-refractivity contribution in [1.29, 1.82) is 5.41 Å². The molecule has 1 heterocycles. The second-order valence-corrected chi connectivity index (χ2v) is 4.20. The molecule has 1 aliphatic heterocycles. The average Bonchev–Trinajstić information content (AvgIpc) is 2.63. The number of aliphatic hydroxyl groups excluding tert-OH is 2. The summed E-state index contributed by atoms with van der Waals surface area (Å²) in [4.78, 5) is 0. The molecule has 1 rings (SSSR count). The molecule has 5 heteroatoms. The quantitative estimate of drug-likeness (QED) is 0.415. The van der Waals surface area contributed by atoms with Gasteiger partial charge in [0.25, 0.3) is 0 Å². The highest BCUT2D eigenvalue weighted by molar-refractivity contribution is 5.81. The summed E-state index contributed by atoms with van der Waals surface area (Å²) in [6.45, 7) is -0.270. The number of nitrogens with one attached hydrogen (secondary N) is 2. The van der Waals surface area contributed by atoms with Crippen LogP contribution in [0.2, 0.25) is 0 Å². The number of aliphatic hydroxyl groups is 2. The largest absolute Gasteiger partial charge is 0.394 e. The summed E-state index contributed by atoms with van der Waals surface area (Å²) in [6.07, 6.45) is 3.68. The number of nitrogens with two attached hydrogens (primary N) is 1. The molecule has 5 nitrogen and oxygen atoms in total. The Balaban J connectivity index is 2.08. The predicted octanol–water partition coefficient (Wildman–Crippen LogP) is -0.434. The van der Waals surface area contributed by atoms with Gasteiger partial charge in [-0.3, -0.25) is 5.41 Å². The van der Waals surface area contributed by atoms with E-state index in [9.17, 15) is 5.11 Å². The average molecular weight is 215 g/mol. The number of hydrogen-bond acceptors (Lipinski definition) is 4. The van der Waals surface area contributed by atoms with Crippen LogP contribution in [0.4, 0.5) is 0 Å². The van der Waals surface area contributed by atoms with Crippen LogP contribution in [0.25, 0.3) is 0 Å². The van der Waals surface area contributed by atoms with Gasteiger partial charge in [-0.05, 0) is 25.7 Å². The Bertz CT molecular complexity index is 211. The highest BCUT2D eigenvalue weighted by Gasteiger charge is 2.19. The lowest BCUT2D eigenvalue weighted by Crippen LogP contribution is -2.37. The first-order valence-electron chi connectivity index (χ1n) is 5.52. The summed E-state index contributed by atoms with van der Waals surface area (Å²) >= 11 is 0. The van der Waals surface area contributed by atoms with Crippen LogP contribution in [0.5, 0.6) is 0 Å². The molecule has 15 heavy (non-hydrogen) atoms. The first-order chi connectivity index (χ1) is 7.13. The van der Waals surface area contributed by atoms with Crippen LogP contribution in [0.15, 0.2) is 0 Å². The Labute approximate surface area is 90.2 Å². The standard InChI is InChI=1S/C10H21N3O2/c11-8(9(15)6-14)3-1-2-7-4-5-10(12)13-7/h7-9,14-15H,1-6,11H2,(H2,12,13). The van der Waals surface area contributed by atoms with E-state index in [1.807, 2.05) is 0 Å². The van der Waals surface area contributed by atoms with Crippen molar-refractivity contribution in [3.05, 3.63) is 0 Å². The minimum atomic E-state index is -0.806. The van der Waals surface area contributed by atoms with E-state index in [2.05, 4.69) is 5.32 Å². The lowest BCUT2D eigenvalue weighted by Gasteiger charge is -2.17. The molecule has 0 bridgehead atoms. The Morgan fingerprint density at radius 3 is 2.87 bits per heavy atom. The second kappa shape index (κ2) is 6.05. The topological polar surface area (TPSA) is 102 Å². The minimum absolute atomic E-state index is 0.270.